The zero-order valence-electron chi connectivity index (χ0n) is 21.1. The number of ether oxygens (including phenoxy) is 1. The minimum Gasteiger partial charge on any atom is -0.444 e. The van der Waals surface area contributed by atoms with Gasteiger partial charge in [0.05, 0.1) is 17.8 Å². The van der Waals surface area contributed by atoms with E-state index >= 15 is 4.39 Å². The van der Waals surface area contributed by atoms with Gasteiger partial charge in [0.15, 0.2) is 17.4 Å². The van der Waals surface area contributed by atoms with Gasteiger partial charge in [0.2, 0.25) is 0 Å². The number of fused-ring (bicyclic) bond motifs is 1. The first-order chi connectivity index (χ1) is 17.8. The summed E-state index contributed by atoms with van der Waals surface area (Å²) < 4.78 is 49.3. The van der Waals surface area contributed by atoms with E-state index in [1.165, 1.54) is 41.1 Å². The Morgan fingerprint density at radius 2 is 1.92 bits per heavy atom. The van der Waals surface area contributed by atoms with E-state index in [1.807, 2.05) is 0 Å². The van der Waals surface area contributed by atoms with E-state index < -0.39 is 35.2 Å². The molecule has 2 aromatic heterocycles. The van der Waals surface area contributed by atoms with Gasteiger partial charge in [0.25, 0.3) is 6.43 Å². The van der Waals surface area contributed by atoms with Crippen molar-refractivity contribution in [2.75, 3.05) is 0 Å². The molecular weight excluding hydrogens is 523 g/mol. The van der Waals surface area contributed by atoms with Crippen molar-refractivity contribution in [3.63, 3.8) is 0 Å². The summed E-state index contributed by atoms with van der Waals surface area (Å²) in [5.41, 5.74) is -1.98. The predicted molar refractivity (Wildman–Crippen MR) is 134 cm³/mol. The fourth-order valence-corrected chi connectivity index (χ4v) is 4.21. The van der Waals surface area contributed by atoms with Gasteiger partial charge >= 0.3 is 6.09 Å². The normalized spacial score (nSPS) is 17.1. The van der Waals surface area contributed by atoms with Crippen molar-refractivity contribution in [2.24, 2.45) is 4.99 Å². The number of imidazole rings is 1. The van der Waals surface area contributed by atoms with Crippen molar-refractivity contribution in [2.45, 2.75) is 58.2 Å². The average Bonchev–Trinajstić information content (AvgIpc) is 3.23. The van der Waals surface area contributed by atoms with Gasteiger partial charge in [-0.3, -0.25) is 20.1 Å². The van der Waals surface area contributed by atoms with E-state index in [-0.39, 0.29) is 41.7 Å². The minimum absolute atomic E-state index is 0.0100. The molecule has 38 heavy (non-hydrogen) atoms. The first-order valence-electron chi connectivity index (χ1n) is 11.6. The Morgan fingerprint density at radius 1 is 1.18 bits per heavy atom. The molecular formula is C26H25ClF3N5O3. The lowest BCUT2D eigenvalue weighted by molar-refractivity contribution is 0.0562. The number of alkyl halides is 2. The van der Waals surface area contributed by atoms with Gasteiger partial charge in [-0.15, -0.1) is 0 Å². The van der Waals surface area contributed by atoms with Crippen LogP contribution in [0.3, 0.4) is 0 Å². The highest BCUT2D eigenvalue weighted by Gasteiger charge is 2.39. The molecule has 1 aromatic carbocycles. The number of amidine groups is 1. The Kier molecular flexibility index (Phi) is 7.33. The number of benzene rings is 1. The van der Waals surface area contributed by atoms with Crippen LogP contribution in [-0.4, -0.2) is 37.8 Å². The van der Waals surface area contributed by atoms with Gasteiger partial charge in [0, 0.05) is 18.2 Å². The van der Waals surface area contributed by atoms with Gasteiger partial charge in [-0.2, -0.15) is 0 Å². The molecule has 3 aromatic rings. The molecule has 12 heteroatoms. The Bertz CT molecular complexity index is 1420. The lowest BCUT2D eigenvalue weighted by Gasteiger charge is -2.33. The maximum atomic E-state index is 15.2. The molecule has 1 aliphatic rings. The number of carbonyl (C=O) groups excluding carboxylic acids is 2. The molecule has 0 spiro atoms. The quantitative estimate of drug-likeness (QED) is 0.417. The third-order valence-electron chi connectivity index (χ3n) is 5.75. The molecule has 3 heterocycles. The zero-order valence-corrected chi connectivity index (χ0v) is 21.8. The minimum atomic E-state index is -2.87. The number of hydrogen-bond acceptors (Lipinski definition) is 6. The van der Waals surface area contributed by atoms with Crippen molar-refractivity contribution in [1.82, 2.24) is 19.9 Å². The van der Waals surface area contributed by atoms with Gasteiger partial charge in [-0.05, 0) is 57.5 Å². The van der Waals surface area contributed by atoms with Crippen molar-refractivity contribution >= 4 is 29.3 Å². The fraction of sp³-hybridized carbons (Fsp3) is 0.346. The van der Waals surface area contributed by atoms with Crippen LogP contribution in [0.1, 0.15) is 67.3 Å². The van der Waals surface area contributed by atoms with E-state index in [4.69, 9.17) is 16.3 Å². The molecule has 1 amide bonds. The summed E-state index contributed by atoms with van der Waals surface area (Å²) in [6, 6.07) is 7.13. The number of rotatable bonds is 5. The lowest BCUT2D eigenvalue weighted by atomic mass is 9.88. The van der Waals surface area contributed by atoms with Crippen molar-refractivity contribution in [3.05, 3.63) is 81.9 Å². The first kappa shape index (κ1) is 27.3. The third kappa shape index (κ3) is 5.88. The third-order valence-corrected chi connectivity index (χ3v) is 5.98. The second kappa shape index (κ2) is 10.2. The van der Waals surface area contributed by atoms with E-state index in [0.717, 1.165) is 6.20 Å². The van der Waals surface area contributed by atoms with Crippen LogP contribution in [-0.2, 0) is 23.2 Å². The first-order valence-corrected chi connectivity index (χ1v) is 12.0. The molecule has 0 radical (unpaired) electrons. The average molecular weight is 548 g/mol. The Labute approximate surface area is 221 Å². The van der Waals surface area contributed by atoms with E-state index in [2.05, 4.69) is 20.3 Å². The van der Waals surface area contributed by atoms with Crippen LogP contribution in [0.25, 0.3) is 0 Å². The van der Waals surface area contributed by atoms with Gasteiger partial charge in [-0.1, -0.05) is 17.7 Å². The van der Waals surface area contributed by atoms with Crippen molar-refractivity contribution in [3.8, 4) is 0 Å². The molecule has 0 saturated heterocycles. The van der Waals surface area contributed by atoms with Crippen LogP contribution in [0.4, 0.5) is 18.0 Å². The molecule has 8 nitrogen and oxygen atoms in total. The van der Waals surface area contributed by atoms with Gasteiger partial charge in [-0.25, -0.2) is 22.9 Å². The number of nitrogens with one attached hydrogen (secondary N) is 1. The van der Waals surface area contributed by atoms with Gasteiger partial charge in [0.1, 0.15) is 28.3 Å². The Hall–Kier alpha value is -3.73. The summed E-state index contributed by atoms with van der Waals surface area (Å²) in [7, 11) is 0. The smallest absolute Gasteiger partial charge is 0.413 e. The highest BCUT2D eigenvalue weighted by atomic mass is 35.5. The number of halogens is 4. The SMILES string of the molecule is CC(C)(C)OC(=O)NC1=NC(C)(c2cc(CC(=O)c3ccc(Cl)cn3)ccc2F)Cn2c(C(F)F)cnc21. The number of alkyl carbamates (subject to hydrolysis) is 1. The molecule has 200 valence electrons. The molecule has 0 saturated carbocycles. The summed E-state index contributed by atoms with van der Waals surface area (Å²) >= 11 is 5.83. The van der Waals surface area contributed by atoms with Crippen LogP contribution < -0.4 is 5.32 Å². The highest BCUT2D eigenvalue weighted by molar-refractivity contribution is 6.30. The predicted octanol–water partition coefficient (Wildman–Crippen LogP) is 5.63. The maximum absolute atomic E-state index is 15.2. The Morgan fingerprint density at radius 3 is 2.55 bits per heavy atom. The lowest BCUT2D eigenvalue weighted by Crippen LogP contribution is -2.44. The monoisotopic (exact) mass is 547 g/mol. The van der Waals surface area contributed by atoms with Crippen LogP contribution in [0.2, 0.25) is 5.02 Å². The van der Waals surface area contributed by atoms with Crippen LogP contribution >= 0.6 is 11.6 Å². The van der Waals surface area contributed by atoms with E-state index in [1.54, 1.807) is 27.7 Å². The molecule has 0 aliphatic carbocycles. The number of hydrogen-bond donors (Lipinski definition) is 1. The molecule has 0 fully saturated rings. The number of aliphatic imine (C=N–C) groups is 1. The summed E-state index contributed by atoms with van der Waals surface area (Å²) in [6.07, 6.45) is -1.50. The standard InChI is InChI=1S/C26H25ClF3N5O3/c1-25(2,3)38-24(37)33-22-23-32-12-19(21(29)30)35(23)13-26(4,34-22)16-9-14(5-7-17(16)28)10-20(36)18-8-6-15(27)11-31-18/h5-9,11-12,21H,10,13H2,1-4H3,(H,33,34,37). The number of carbonyl (C=O) groups is 2. The zero-order chi connectivity index (χ0) is 27.8. The van der Waals surface area contributed by atoms with Crippen LogP contribution in [0.5, 0.6) is 0 Å². The largest absolute Gasteiger partial charge is 0.444 e. The molecule has 1 aliphatic heterocycles. The highest BCUT2D eigenvalue weighted by Crippen LogP contribution is 2.36. The molecule has 1 atom stereocenters. The fourth-order valence-electron chi connectivity index (χ4n) is 4.10. The second-order valence-corrected chi connectivity index (χ2v) is 10.5. The van der Waals surface area contributed by atoms with Crippen molar-refractivity contribution < 1.29 is 27.5 Å². The Balaban J connectivity index is 1.72. The second-order valence-electron chi connectivity index (χ2n) is 10.0. The summed E-state index contributed by atoms with van der Waals surface area (Å²) in [5.74, 6) is -1.13. The number of amides is 1. The maximum Gasteiger partial charge on any atom is 0.413 e. The molecule has 0 bridgehead atoms. The molecule has 4 rings (SSSR count). The van der Waals surface area contributed by atoms with E-state index in [9.17, 15) is 18.4 Å². The van der Waals surface area contributed by atoms with E-state index in [0.29, 0.717) is 10.6 Å². The van der Waals surface area contributed by atoms with Crippen LogP contribution in [0, 0.1) is 5.82 Å². The number of pyridine rings is 1. The van der Waals surface area contributed by atoms with Crippen molar-refractivity contribution in [1.29, 1.82) is 0 Å². The summed E-state index contributed by atoms with van der Waals surface area (Å²) in [5, 5.41) is 2.85. The molecule has 1 N–H and O–H groups in total. The summed E-state index contributed by atoms with van der Waals surface area (Å²) in [6.45, 7) is 6.35. The summed E-state index contributed by atoms with van der Waals surface area (Å²) in [4.78, 5) is 37.8. The van der Waals surface area contributed by atoms with Gasteiger partial charge < -0.3 is 9.30 Å². The number of Topliss-reactive ketones (excluding diaryl/α,β-unsaturated/α-hetero) is 1. The topological polar surface area (TPSA) is 98.5 Å². The number of ketones is 1. The number of aromatic nitrogens is 3. The van der Waals surface area contributed by atoms with Crippen LogP contribution in [0.15, 0.2) is 47.7 Å². The molecule has 1 unspecified atom stereocenters. The number of nitrogens with zero attached hydrogens (tertiary/aromatic N) is 4.